The van der Waals surface area contributed by atoms with Crippen molar-refractivity contribution in [2.75, 3.05) is 19.8 Å². The summed E-state index contributed by atoms with van der Waals surface area (Å²) in [6.45, 7) is 3.66. The van der Waals surface area contributed by atoms with Crippen LogP contribution >= 0.6 is 17.4 Å². The predicted molar refractivity (Wildman–Crippen MR) is 58.4 cm³/mol. The lowest BCUT2D eigenvalue weighted by molar-refractivity contribution is -0.185. The molecular weight excluding hydrogens is 205 g/mol. The maximum absolute atomic E-state index is 5.65. The monoisotopic (exact) mass is 220 g/mol. The summed E-state index contributed by atoms with van der Waals surface area (Å²) in [4.78, 5) is 0. The Bertz CT molecular complexity index is 161. The van der Waals surface area contributed by atoms with Crippen LogP contribution in [0.25, 0.3) is 0 Å². The Morgan fingerprint density at radius 3 is 3.08 bits per heavy atom. The fraction of sp³-hybridized carbons (Fsp3) is 1.00. The van der Waals surface area contributed by atoms with E-state index in [1.165, 1.54) is 0 Å². The molecule has 74 valence electrons. The van der Waals surface area contributed by atoms with Gasteiger partial charge in [0.1, 0.15) is 13.4 Å². The molecule has 3 nitrogen and oxygen atoms in total. The van der Waals surface area contributed by atoms with Crippen LogP contribution in [0.15, 0.2) is 0 Å². The second-order valence-corrected chi connectivity index (χ2v) is 4.35. The van der Waals surface area contributed by atoms with Crippen LogP contribution in [0.3, 0.4) is 0 Å². The van der Waals surface area contributed by atoms with Crippen molar-refractivity contribution in [3.05, 3.63) is 0 Å². The van der Waals surface area contributed by atoms with Crippen LogP contribution in [0, 0.1) is 0 Å². The van der Waals surface area contributed by atoms with E-state index in [0.717, 1.165) is 6.42 Å². The molecule has 1 aliphatic rings. The topological polar surface area (TPSA) is 27.7 Å². The van der Waals surface area contributed by atoms with E-state index in [1.54, 1.807) is 0 Å². The molecule has 0 spiro atoms. The molecule has 6 heteroatoms. The summed E-state index contributed by atoms with van der Waals surface area (Å²) in [6.07, 6.45) is 0.857. The Hall–Kier alpha value is 0.805. The highest BCUT2D eigenvalue weighted by Crippen LogP contribution is 2.29. The van der Waals surface area contributed by atoms with Crippen molar-refractivity contribution in [1.29, 1.82) is 0 Å². The second-order valence-electron chi connectivity index (χ2n) is 3.11. The molecule has 1 rings (SSSR count). The van der Waals surface area contributed by atoms with Crippen molar-refractivity contribution in [2.45, 2.75) is 24.9 Å². The number of rotatable bonds is 4. The molecule has 0 aromatic heterocycles. The highest BCUT2D eigenvalue weighted by Gasteiger charge is 2.35. The Balaban J connectivity index is 2.46. The van der Waals surface area contributed by atoms with Gasteiger partial charge in [0.05, 0.1) is 19.8 Å². The molecule has 2 radical (unpaired) electrons. The first-order chi connectivity index (χ1) is 6.22. The van der Waals surface area contributed by atoms with Crippen LogP contribution in [0.4, 0.5) is 0 Å². The van der Waals surface area contributed by atoms with Gasteiger partial charge in [-0.1, -0.05) is 15.9 Å². The third-order valence-corrected chi connectivity index (χ3v) is 2.92. The molecule has 13 heavy (non-hydrogen) atoms. The highest BCUT2D eigenvalue weighted by molar-refractivity contribution is 8.00. The van der Waals surface area contributed by atoms with E-state index < -0.39 is 0 Å². The molecule has 0 aromatic rings. The van der Waals surface area contributed by atoms with Gasteiger partial charge >= 0.3 is 0 Å². The summed E-state index contributed by atoms with van der Waals surface area (Å²) in [7, 11) is 8.59. The van der Waals surface area contributed by atoms with Gasteiger partial charge in [-0.2, -0.15) is 0 Å². The Kier molecular flexibility index (Phi) is 5.14. The minimum absolute atomic E-state index is 0.315. The predicted octanol–water partition coefficient (Wildman–Crippen LogP) is 1.08. The van der Waals surface area contributed by atoms with E-state index in [9.17, 15) is 0 Å². The van der Waals surface area contributed by atoms with Crippen LogP contribution < -0.4 is 0 Å². The minimum Gasteiger partial charge on any atom is -0.377 e. The van der Waals surface area contributed by atoms with Gasteiger partial charge in [0.25, 0.3) is 0 Å². The summed E-state index contributed by atoms with van der Waals surface area (Å²) in [5.41, 5.74) is -0.332. The molecule has 2 unspecified atom stereocenters. The zero-order chi connectivity index (χ0) is 9.73. The fourth-order valence-corrected chi connectivity index (χ4v) is 1.88. The quantitative estimate of drug-likeness (QED) is 0.524. The lowest BCUT2D eigenvalue weighted by Gasteiger charge is -2.39. The van der Waals surface area contributed by atoms with Crippen LogP contribution in [-0.2, 0) is 14.0 Å². The van der Waals surface area contributed by atoms with E-state index in [4.69, 9.17) is 21.8 Å². The number of ether oxygens (including phenoxy) is 2. The van der Waals surface area contributed by atoms with E-state index in [0.29, 0.717) is 28.3 Å². The smallest absolute Gasteiger partial charge is 0.114 e. The Morgan fingerprint density at radius 2 is 2.54 bits per heavy atom. The molecule has 0 aromatic carbocycles. The second kappa shape index (κ2) is 5.63. The maximum atomic E-state index is 5.65. The van der Waals surface area contributed by atoms with Crippen molar-refractivity contribution in [3.63, 3.8) is 0 Å². The molecule has 4 atom stereocenters. The standard InChI is InChI=1S/C7H15BO3P2/c1-2-7(5-10-13-12)4-9-3-6(8)11-7/h6,13H,2-5,12H2,1H3/t6-,7+/m1/s1. The van der Waals surface area contributed by atoms with Gasteiger partial charge in [-0.3, -0.25) is 0 Å². The molecule has 1 heterocycles. The van der Waals surface area contributed by atoms with Crippen LogP contribution in [0.5, 0.6) is 0 Å². The SMILES string of the molecule is [B][C@H]1COC[C@@](CC)(COPP)O1. The zero-order valence-corrected chi connectivity index (χ0v) is 9.94. The van der Waals surface area contributed by atoms with Crippen molar-refractivity contribution < 1.29 is 14.0 Å². The first-order valence-corrected chi connectivity index (χ1v) is 7.03. The van der Waals surface area contributed by atoms with Crippen molar-refractivity contribution in [1.82, 2.24) is 0 Å². The Morgan fingerprint density at radius 1 is 1.77 bits per heavy atom. The Labute approximate surface area is 84.6 Å². The number of hydrogen-bond acceptors (Lipinski definition) is 3. The first-order valence-electron chi connectivity index (χ1n) is 4.31. The third kappa shape index (κ3) is 3.45. The molecule has 0 amide bonds. The van der Waals surface area contributed by atoms with Gasteiger partial charge in [0, 0.05) is 14.5 Å². The average molecular weight is 220 g/mol. The molecular formula is C7H15BO3P2. The largest absolute Gasteiger partial charge is 0.377 e. The summed E-state index contributed by atoms with van der Waals surface area (Å²) >= 11 is 0. The molecule has 1 saturated heterocycles. The number of hydrogen-bond donors (Lipinski definition) is 0. The van der Waals surface area contributed by atoms with Crippen LogP contribution in [0.2, 0.25) is 0 Å². The van der Waals surface area contributed by atoms with Gasteiger partial charge in [-0.25, -0.2) is 0 Å². The molecule has 0 aliphatic carbocycles. The summed E-state index contributed by atoms with van der Waals surface area (Å²) in [5, 5.41) is 0. The molecule has 1 aliphatic heterocycles. The third-order valence-electron chi connectivity index (χ3n) is 2.11. The van der Waals surface area contributed by atoms with E-state index >= 15 is 0 Å². The fourth-order valence-electron chi connectivity index (χ4n) is 1.29. The van der Waals surface area contributed by atoms with Gasteiger partial charge in [0.15, 0.2) is 0 Å². The molecule has 0 saturated carbocycles. The van der Waals surface area contributed by atoms with Crippen LogP contribution in [-0.4, -0.2) is 39.3 Å². The van der Waals surface area contributed by atoms with E-state index in [-0.39, 0.29) is 11.6 Å². The van der Waals surface area contributed by atoms with E-state index in [1.807, 2.05) is 0 Å². The maximum Gasteiger partial charge on any atom is 0.114 e. The van der Waals surface area contributed by atoms with Crippen molar-refractivity contribution >= 4 is 25.3 Å². The molecule has 0 bridgehead atoms. The lowest BCUT2D eigenvalue weighted by atomic mass is 9.95. The lowest BCUT2D eigenvalue weighted by Crippen LogP contribution is -2.50. The highest BCUT2D eigenvalue weighted by atomic mass is 32.0. The van der Waals surface area contributed by atoms with Gasteiger partial charge in [-0.15, -0.1) is 0 Å². The van der Waals surface area contributed by atoms with Gasteiger partial charge < -0.3 is 14.0 Å². The molecule has 1 fully saturated rings. The minimum atomic E-state index is -0.332. The van der Waals surface area contributed by atoms with Gasteiger partial charge in [-0.05, 0) is 6.42 Å². The van der Waals surface area contributed by atoms with Gasteiger partial charge in [0.2, 0.25) is 0 Å². The summed E-state index contributed by atoms with van der Waals surface area (Å²) in [5.74, 6) is 0. The van der Waals surface area contributed by atoms with Crippen LogP contribution in [0.1, 0.15) is 13.3 Å². The van der Waals surface area contributed by atoms with Crippen molar-refractivity contribution in [3.8, 4) is 0 Å². The first kappa shape index (κ1) is 11.9. The normalized spacial score (nSPS) is 35.7. The zero-order valence-electron chi connectivity index (χ0n) is 7.79. The van der Waals surface area contributed by atoms with E-state index in [2.05, 4.69) is 15.9 Å². The van der Waals surface area contributed by atoms with Crippen molar-refractivity contribution in [2.24, 2.45) is 0 Å². The average Bonchev–Trinajstić information content (AvgIpc) is 2.15. The summed E-state index contributed by atoms with van der Waals surface area (Å²) in [6, 6.07) is -0.315. The molecule has 0 N–H and O–H groups in total. The summed E-state index contributed by atoms with van der Waals surface area (Å²) < 4.78 is 16.3.